The zero-order valence-corrected chi connectivity index (χ0v) is 7.11. The number of aromatic nitrogens is 3. The fourth-order valence-corrected chi connectivity index (χ4v) is 0.818. The maximum absolute atomic E-state index is 10.9. The van der Waals surface area contributed by atoms with Crippen LogP contribution in [0.2, 0.25) is 0 Å². The fraction of sp³-hybridized carbons (Fsp3) is 0.500. The number of anilines is 1. The molecule has 0 radical (unpaired) electrons. The molecule has 72 valence electrons. The van der Waals surface area contributed by atoms with Crippen molar-refractivity contribution in [3.63, 3.8) is 0 Å². The predicted octanol–water partition coefficient (Wildman–Crippen LogP) is -1.28. The Labute approximate surface area is 73.5 Å². The van der Waals surface area contributed by atoms with Gasteiger partial charge in [-0.15, -0.1) is 5.10 Å². The van der Waals surface area contributed by atoms with Crippen molar-refractivity contribution in [1.29, 1.82) is 0 Å². The maximum Gasteiger partial charge on any atom is 0.345 e. The highest BCUT2D eigenvalue weighted by Gasteiger charge is 2.09. The van der Waals surface area contributed by atoms with Crippen molar-refractivity contribution in [2.75, 3.05) is 12.3 Å². The average molecular weight is 186 g/mol. The number of nitrogens with one attached hydrogen (secondary N) is 1. The Kier molecular flexibility index (Phi) is 2.68. The number of aromatic amines is 1. The van der Waals surface area contributed by atoms with Crippen LogP contribution in [0.25, 0.3) is 0 Å². The lowest BCUT2D eigenvalue weighted by molar-refractivity contribution is -0.143. The van der Waals surface area contributed by atoms with Gasteiger partial charge in [0.05, 0.1) is 6.61 Å². The van der Waals surface area contributed by atoms with E-state index >= 15 is 0 Å². The van der Waals surface area contributed by atoms with Gasteiger partial charge in [-0.3, -0.25) is 9.36 Å². The van der Waals surface area contributed by atoms with Crippen LogP contribution in [0.1, 0.15) is 6.92 Å². The molecule has 1 aromatic rings. The lowest BCUT2D eigenvalue weighted by atomic mass is 10.6. The second-order valence-corrected chi connectivity index (χ2v) is 2.28. The molecule has 0 unspecified atom stereocenters. The number of ether oxygens (including phenoxy) is 1. The first-order chi connectivity index (χ1) is 6.15. The van der Waals surface area contributed by atoms with Crippen molar-refractivity contribution < 1.29 is 9.53 Å². The van der Waals surface area contributed by atoms with E-state index in [1.165, 1.54) is 0 Å². The summed E-state index contributed by atoms with van der Waals surface area (Å²) < 4.78 is 5.63. The van der Waals surface area contributed by atoms with Crippen molar-refractivity contribution in [1.82, 2.24) is 14.8 Å². The van der Waals surface area contributed by atoms with Gasteiger partial charge in [-0.1, -0.05) is 0 Å². The number of nitrogens with two attached hydrogens (primary N) is 1. The first-order valence-corrected chi connectivity index (χ1v) is 3.71. The molecule has 0 aromatic carbocycles. The molecule has 1 heterocycles. The number of rotatable bonds is 3. The lowest BCUT2D eigenvalue weighted by Gasteiger charge is -2.01. The number of nitrogens with zero attached hydrogens (tertiary/aromatic N) is 2. The van der Waals surface area contributed by atoms with Gasteiger partial charge in [0.1, 0.15) is 6.54 Å². The molecule has 0 aliphatic heterocycles. The summed E-state index contributed by atoms with van der Waals surface area (Å²) in [6, 6.07) is 0. The van der Waals surface area contributed by atoms with E-state index in [9.17, 15) is 9.59 Å². The summed E-state index contributed by atoms with van der Waals surface area (Å²) >= 11 is 0. The van der Waals surface area contributed by atoms with E-state index in [2.05, 4.69) is 14.9 Å². The minimum atomic E-state index is -0.523. The van der Waals surface area contributed by atoms with Crippen LogP contribution in [0.4, 0.5) is 5.95 Å². The summed E-state index contributed by atoms with van der Waals surface area (Å²) in [6.07, 6.45) is 0. The molecule has 0 saturated heterocycles. The van der Waals surface area contributed by atoms with Gasteiger partial charge in [-0.2, -0.15) is 0 Å². The normalized spacial score (nSPS) is 9.92. The molecule has 3 N–H and O–H groups in total. The van der Waals surface area contributed by atoms with Gasteiger partial charge in [0.2, 0.25) is 5.95 Å². The molecule has 0 amide bonds. The molecule has 0 spiro atoms. The molecular weight excluding hydrogens is 176 g/mol. The molecular formula is C6H10N4O3. The van der Waals surface area contributed by atoms with E-state index in [0.29, 0.717) is 0 Å². The summed E-state index contributed by atoms with van der Waals surface area (Å²) in [5.41, 5.74) is 4.78. The number of nitrogen functional groups attached to an aromatic ring is 1. The van der Waals surface area contributed by atoms with E-state index in [4.69, 9.17) is 5.73 Å². The second-order valence-electron chi connectivity index (χ2n) is 2.28. The van der Waals surface area contributed by atoms with Gasteiger partial charge in [-0.05, 0) is 6.92 Å². The molecule has 1 aromatic heterocycles. The first kappa shape index (κ1) is 9.30. The van der Waals surface area contributed by atoms with E-state index in [-0.39, 0.29) is 19.1 Å². The Hall–Kier alpha value is -1.79. The SMILES string of the molecule is CCOC(=O)Cn1c(N)n[nH]c1=O. The third-order valence-corrected chi connectivity index (χ3v) is 1.38. The fourth-order valence-electron chi connectivity index (χ4n) is 0.818. The number of esters is 1. The lowest BCUT2D eigenvalue weighted by Crippen LogP contribution is -2.24. The number of hydrogen-bond donors (Lipinski definition) is 2. The topological polar surface area (TPSA) is 103 Å². The minimum absolute atomic E-state index is 0.0296. The van der Waals surface area contributed by atoms with Gasteiger partial charge in [0.25, 0.3) is 0 Å². The Balaban J connectivity index is 2.74. The molecule has 7 nitrogen and oxygen atoms in total. The van der Waals surface area contributed by atoms with Crippen LogP contribution in [-0.2, 0) is 16.1 Å². The number of H-pyrrole nitrogens is 1. The summed E-state index contributed by atoms with van der Waals surface area (Å²) in [5.74, 6) is -0.546. The number of carbonyl (C=O) groups excluding carboxylic acids is 1. The summed E-state index contributed by atoms with van der Waals surface area (Å²) in [7, 11) is 0. The Bertz CT molecular complexity index is 353. The van der Waals surface area contributed by atoms with Crippen LogP contribution in [0.15, 0.2) is 4.79 Å². The minimum Gasteiger partial charge on any atom is -0.465 e. The van der Waals surface area contributed by atoms with E-state index in [1.807, 2.05) is 0 Å². The van der Waals surface area contributed by atoms with Gasteiger partial charge in [0, 0.05) is 0 Å². The molecule has 0 fully saturated rings. The molecule has 0 bridgehead atoms. The zero-order chi connectivity index (χ0) is 9.84. The van der Waals surface area contributed by atoms with E-state index < -0.39 is 11.7 Å². The highest BCUT2D eigenvalue weighted by Crippen LogP contribution is 1.91. The van der Waals surface area contributed by atoms with Crippen LogP contribution in [0.5, 0.6) is 0 Å². The van der Waals surface area contributed by atoms with Crippen molar-refractivity contribution in [3.05, 3.63) is 10.5 Å². The van der Waals surface area contributed by atoms with Crippen LogP contribution >= 0.6 is 0 Å². The van der Waals surface area contributed by atoms with Gasteiger partial charge in [-0.25, -0.2) is 9.89 Å². The van der Waals surface area contributed by atoms with Gasteiger partial charge in [0.15, 0.2) is 0 Å². The van der Waals surface area contributed by atoms with Crippen molar-refractivity contribution in [2.45, 2.75) is 13.5 Å². The maximum atomic E-state index is 10.9. The van der Waals surface area contributed by atoms with Crippen molar-refractivity contribution in [3.8, 4) is 0 Å². The van der Waals surface area contributed by atoms with E-state index in [0.717, 1.165) is 4.57 Å². The molecule has 7 heteroatoms. The summed E-state index contributed by atoms with van der Waals surface area (Å²) in [4.78, 5) is 21.9. The quantitative estimate of drug-likeness (QED) is 0.572. The van der Waals surface area contributed by atoms with Crippen molar-refractivity contribution in [2.24, 2.45) is 0 Å². The third kappa shape index (κ3) is 2.08. The zero-order valence-electron chi connectivity index (χ0n) is 7.11. The second kappa shape index (κ2) is 3.74. The first-order valence-electron chi connectivity index (χ1n) is 3.71. The standard InChI is InChI=1S/C6H10N4O3/c1-2-13-4(11)3-10-5(7)8-9-6(10)12/h2-3H2,1H3,(H2,7,8)(H,9,12). The molecule has 0 aliphatic rings. The van der Waals surface area contributed by atoms with Crippen LogP contribution in [0, 0.1) is 0 Å². The van der Waals surface area contributed by atoms with Crippen LogP contribution in [0.3, 0.4) is 0 Å². The molecule has 0 aliphatic carbocycles. The Morgan fingerprint density at radius 1 is 1.77 bits per heavy atom. The summed E-state index contributed by atoms with van der Waals surface area (Å²) in [6.45, 7) is 1.74. The smallest absolute Gasteiger partial charge is 0.345 e. The monoisotopic (exact) mass is 186 g/mol. The number of hydrogen-bond acceptors (Lipinski definition) is 5. The average Bonchev–Trinajstić information content (AvgIpc) is 2.36. The Morgan fingerprint density at radius 3 is 2.92 bits per heavy atom. The predicted molar refractivity (Wildman–Crippen MR) is 43.9 cm³/mol. The van der Waals surface area contributed by atoms with Gasteiger partial charge < -0.3 is 10.5 Å². The van der Waals surface area contributed by atoms with Crippen molar-refractivity contribution >= 4 is 11.9 Å². The van der Waals surface area contributed by atoms with E-state index in [1.54, 1.807) is 6.92 Å². The molecule has 1 rings (SSSR count). The Morgan fingerprint density at radius 2 is 2.46 bits per heavy atom. The molecule has 0 saturated carbocycles. The summed E-state index contributed by atoms with van der Waals surface area (Å²) in [5, 5.41) is 5.53. The molecule has 0 atom stereocenters. The third-order valence-electron chi connectivity index (χ3n) is 1.38. The van der Waals surface area contributed by atoms with Crippen LogP contribution in [-0.4, -0.2) is 27.3 Å². The van der Waals surface area contributed by atoms with Gasteiger partial charge >= 0.3 is 11.7 Å². The number of carbonyl (C=O) groups is 1. The highest BCUT2D eigenvalue weighted by molar-refractivity contribution is 5.69. The molecule has 13 heavy (non-hydrogen) atoms. The largest absolute Gasteiger partial charge is 0.465 e. The highest BCUT2D eigenvalue weighted by atomic mass is 16.5. The van der Waals surface area contributed by atoms with Crippen LogP contribution < -0.4 is 11.4 Å².